The molecule has 0 spiro atoms. The second kappa shape index (κ2) is 7.45. The van der Waals surface area contributed by atoms with Gasteiger partial charge in [-0.1, -0.05) is 6.07 Å². The number of nitrogen functional groups attached to an aromatic ring is 2. The number of nitrogens with two attached hydrogens (primary N) is 2. The maximum atomic E-state index is 6.05. The Morgan fingerprint density at radius 2 is 1.59 bits per heavy atom. The molecule has 0 unspecified atom stereocenters. The van der Waals surface area contributed by atoms with Crippen molar-refractivity contribution < 1.29 is 14.2 Å². The van der Waals surface area contributed by atoms with Gasteiger partial charge in [0.15, 0.2) is 11.5 Å². The van der Waals surface area contributed by atoms with E-state index in [1.54, 1.807) is 27.4 Å². The van der Waals surface area contributed by atoms with Gasteiger partial charge in [0.2, 0.25) is 5.95 Å². The highest BCUT2D eigenvalue weighted by Crippen LogP contribution is 2.38. The number of nitrogens with one attached hydrogen (secondary N) is 1. The van der Waals surface area contributed by atoms with E-state index in [2.05, 4.69) is 15.3 Å². The largest absolute Gasteiger partial charge is 0.494 e. The van der Waals surface area contributed by atoms with Gasteiger partial charge < -0.3 is 31.0 Å². The van der Waals surface area contributed by atoms with Crippen LogP contribution in [0.25, 0.3) is 10.9 Å². The van der Waals surface area contributed by atoms with Gasteiger partial charge in [0.25, 0.3) is 0 Å². The normalized spacial score (nSPS) is 10.7. The average molecular weight is 369 g/mol. The van der Waals surface area contributed by atoms with Crippen molar-refractivity contribution in [1.29, 1.82) is 0 Å². The van der Waals surface area contributed by atoms with Crippen molar-refractivity contribution in [1.82, 2.24) is 9.97 Å². The Morgan fingerprint density at radius 1 is 0.926 bits per heavy atom. The summed E-state index contributed by atoms with van der Waals surface area (Å²) >= 11 is 0. The highest BCUT2D eigenvalue weighted by molar-refractivity contribution is 5.92. The summed E-state index contributed by atoms with van der Waals surface area (Å²) in [6.45, 7) is 2.54. The number of benzene rings is 2. The van der Waals surface area contributed by atoms with Crippen molar-refractivity contribution >= 4 is 28.4 Å². The number of fused-ring (bicyclic) bond motifs is 1. The van der Waals surface area contributed by atoms with Gasteiger partial charge in [-0.2, -0.15) is 4.98 Å². The predicted molar refractivity (Wildman–Crippen MR) is 107 cm³/mol. The van der Waals surface area contributed by atoms with Crippen LogP contribution in [0.15, 0.2) is 24.3 Å². The van der Waals surface area contributed by atoms with Crippen LogP contribution in [0.5, 0.6) is 17.2 Å². The molecule has 0 atom stereocenters. The van der Waals surface area contributed by atoms with Crippen LogP contribution >= 0.6 is 0 Å². The molecule has 0 aliphatic rings. The van der Waals surface area contributed by atoms with Gasteiger partial charge in [-0.3, -0.25) is 0 Å². The van der Waals surface area contributed by atoms with Crippen LogP contribution in [0.1, 0.15) is 11.1 Å². The van der Waals surface area contributed by atoms with Crippen molar-refractivity contribution in [2.24, 2.45) is 0 Å². The number of aryl methyl sites for hydroxylation is 1. The molecule has 8 nitrogen and oxygen atoms in total. The van der Waals surface area contributed by atoms with E-state index in [4.69, 9.17) is 25.7 Å². The van der Waals surface area contributed by atoms with E-state index in [-0.39, 0.29) is 5.95 Å². The molecule has 0 aliphatic heterocycles. The molecule has 0 fully saturated rings. The monoisotopic (exact) mass is 369 g/mol. The van der Waals surface area contributed by atoms with Crippen LogP contribution in [-0.2, 0) is 6.54 Å². The zero-order valence-electron chi connectivity index (χ0n) is 15.8. The van der Waals surface area contributed by atoms with Crippen LogP contribution in [-0.4, -0.2) is 31.3 Å². The summed E-state index contributed by atoms with van der Waals surface area (Å²) < 4.78 is 16.1. The molecule has 0 aliphatic carbocycles. The van der Waals surface area contributed by atoms with Gasteiger partial charge in [-0.15, -0.1) is 0 Å². The topological polar surface area (TPSA) is 118 Å². The molecule has 27 heavy (non-hydrogen) atoms. The fraction of sp³-hybridized carbons (Fsp3) is 0.263. The Bertz CT molecular complexity index is 991. The van der Waals surface area contributed by atoms with Gasteiger partial charge in [0.1, 0.15) is 11.6 Å². The molecular weight excluding hydrogens is 346 g/mol. The van der Waals surface area contributed by atoms with E-state index in [1.165, 1.54) is 0 Å². The maximum absolute atomic E-state index is 6.05. The number of rotatable bonds is 6. The minimum Gasteiger partial charge on any atom is -0.494 e. The Balaban J connectivity index is 1.94. The first kappa shape index (κ1) is 18.4. The lowest BCUT2D eigenvalue weighted by Crippen LogP contribution is -2.06. The first-order valence-electron chi connectivity index (χ1n) is 8.33. The molecule has 1 aromatic heterocycles. The third-order valence-corrected chi connectivity index (χ3v) is 4.46. The average Bonchev–Trinajstić information content (AvgIpc) is 2.66. The van der Waals surface area contributed by atoms with E-state index in [0.717, 1.165) is 27.7 Å². The third-order valence-electron chi connectivity index (χ3n) is 4.46. The molecule has 0 bridgehead atoms. The molecule has 142 valence electrons. The van der Waals surface area contributed by atoms with E-state index in [9.17, 15) is 0 Å². The van der Waals surface area contributed by atoms with Crippen LogP contribution in [0.4, 0.5) is 17.5 Å². The lowest BCUT2D eigenvalue weighted by atomic mass is 10.0. The zero-order chi connectivity index (χ0) is 19.6. The summed E-state index contributed by atoms with van der Waals surface area (Å²) in [5.41, 5.74) is 15.3. The second-order valence-corrected chi connectivity index (χ2v) is 5.97. The molecule has 3 rings (SSSR count). The second-order valence-electron chi connectivity index (χ2n) is 5.97. The van der Waals surface area contributed by atoms with Crippen molar-refractivity contribution in [3.05, 3.63) is 35.4 Å². The molecular formula is C19H23N5O3. The van der Waals surface area contributed by atoms with Crippen molar-refractivity contribution in [2.45, 2.75) is 13.5 Å². The van der Waals surface area contributed by atoms with Gasteiger partial charge in [-0.05, 0) is 24.1 Å². The molecule has 5 N–H and O–H groups in total. The number of ether oxygens (including phenoxy) is 3. The minimum atomic E-state index is 0.167. The molecule has 3 aromatic rings. The van der Waals surface area contributed by atoms with Gasteiger partial charge in [0, 0.05) is 24.1 Å². The predicted octanol–water partition coefficient (Wildman–Crippen LogP) is 2.74. The van der Waals surface area contributed by atoms with Gasteiger partial charge in [-0.25, -0.2) is 4.98 Å². The van der Waals surface area contributed by atoms with Crippen LogP contribution in [0, 0.1) is 6.92 Å². The van der Waals surface area contributed by atoms with Crippen molar-refractivity contribution in [2.75, 3.05) is 38.1 Å². The third kappa shape index (κ3) is 3.46. The Labute approximate surface area is 157 Å². The van der Waals surface area contributed by atoms with E-state index >= 15 is 0 Å². The number of hydrogen-bond acceptors (Lipinski definition) is 8. The van der Waals surface area contributed by atoms with Crippen molar-refractivity contribution in [3.63, 3.8) is 0 Å². The number of anilines is 3. The molecule has 0 amide bonds. The van der Waals surface area contributed by atoms with Gasteiger partial charge in [0.05, 0.1) is 32.5 Å². The molecule has 1 heterocycles. The lowest BCUT2D eigenvalue weighted by molar-refractivity contribution is 0.349. The van der Waals surface area contributed by atoms with Gasteiger partial charge >= 0.3 is 0 Å². The summed E-state index contributed by atoms with van der Waals surface area (Å²) in [6.07, 6.45) is 0. The Hall–Kier alpha value is -3.42. The minimum absolute atomic E-state index is 0.167. The summed E-state index contributed by atoms with van der Waals surface area (Å²) in [6, 6.07) is 7.50. The number of nitrogens with zero attached hydrogens (tertiary/aromatic N) is 2. The fourth-order valence-corrected chi connectivity index (χ4v) is 3.03. The van der Waals surface area contributed by atoms with E-state index in [0.29, 0.717) is 29.6 Å². The number of methoxy groups -OCH3 is 3. The Kier molecular flexibility index (Phi) is 5.07. The molecule has 2 aromatic carbocycles. The summed E-state index contributed by atoms with van der Waals surface area (Å²) in [7, 11) is 4.79. The summed E-state index contributed by atoms with van der Waals surface area (Å²) in [4.78, 5) is 8.31. The molecule has 8 heteroatoms. The lowest BCUT2D eigenvalue weighted by Gasteiger charge is -2.17. The molecule has 0 saturated heterocycles. The van der Waals surface area contributed by atoms with Crippen LogP contribution < -0.4 is 31.0 Å². The molecule has 0 saturated carbocycles. The molecule has 0 radical (unpaired) electrons. The summed E-state index contributed by atoms with van der Waals surface area (Å²) in [5, 5.41) is 4.18. The first-order valence-corrected chi connectivity index (χ1v) is 8.33. The van der Waals surface area contributed by atoms with Crippen molar-refractivity contribution in [3.8, 4) is 17.2 Å². The number of aromatic nitrogens is 2. The number of hydrogen-bond donors (Lipinski definition) is 3. The maximum Gasteiger partial charge on any atom is 0.222 e. The first-order chi connectivity index (χ1) is 13.0. The quantitative estimate of drug-likeness (QED) is 0.607. The zero-order valence-corrected chi connectivity index (χ0v) is 15.8. The SMILES string of the molecule is COc1cc(OC)c(OC)cc1NCc1ccc2nc(N)nc(N)c2c1C. The van der Waals surface area contributed by atoms with Crippen LogP contribution in [0.3, 0.4) is 0 Å². The fourth-order valence-electron chi connectivity index (χ4n) is 3.03. The van der Waals surface area contributed by atoms with E-state index in [1.807, 2.05) is 25.1 Å². The standard InChI is InChI=1S/C19H23N5O3/c1-10-11(5-6-12-17(10)18(20)24-19(21)23-12)9-22-13-7-15(26-3)16(27-4)8-14(13)25-2/h5-8,22H,9H2,1-4H3,(H4,20,21,23,24). The van der Waals surface area contributed by atoms with Crippen LogP contribution in [0.2, 0.25) is 0 Å². The smallest absolute Gasteiger partial charge is 0.222 e. The van der Waals surface area contributed by atoms with E-state index < -0.39 is 0 Å². The summed E-state index contributed by atoms with van der Waals surface area (Å²) in [5.74, 6) is 2.41. The highest BCUT2D eigenvalue weighted by atomic mass is 16.5. The Morgan fingerprint density at radius 3 is 2.26 bits per heavy atom. The highest BCUT2D eigenvalue weighted by Gasteiger charge is 2.13.